The largest absolute Gasteiger partial charge is 0.393 e. The van der Waals surface area contributed by atoms with Crippen LogP contribution < -0.4 is 0 Å². The van der Waals surface area contributed by atoms with Gasteiger partial charge < -0.3 is 14.9 Å². The highest BCUT2D eigenvalue weighted by Gasteiger charge is 2.66. The summed E-state index contributed by atoms with van der Waals surface area (Å²) in [6.45, 7) is 4.91. The number of Topliss-reactive ketones (excluding diaryl/α,β-unsaturated/α-hetero) is 1. The molecule has 0 amide bonds. The van der Waals surface area contributed by atoms with Crippen LogP contribution in [0, 0.1) is 23.7 Å². The molecule has 3 saturated carbocycles. The number of aliphatic hydroxyl groups excluding tert-OH is 2. The lowest BCUT2D eigenvalue weighted by Crippen LogP contribution is -2.70. The minimum atomic E-state index is -0.697. The molecule has 3 fully saturated rings. The van der Waals surface area contributed by atoms with Gasteiger partial charge in [-0.25, -0.2) is 0 Å². The van der Waals surface area contributed by atoms with Gasteiger partial charge in [0.15, 0.2) is 5.78 Å². The van der Waals surface area contributed by atoms with E-state index >= 15 is 0 Å². The SMILES string of the molecule is CCCCO[C@@]12CC[C@H](O)[C@@H](/C=C/[C@@H](O)C3CCCCC3)[C@@H]1C(CCCC)C2=O. The highest BCUT2D eigenvalue weighted by Crippen LogP contribution is 2.56. The highest BCUT2D eigenvalue weighted by atomic mass is 16.5. The first-order valence-electron chi connectivity index (χ1n) is 12.3. The van der Waals surface area contributed by atoms with Gasteiger partial charge in [0.2, 0.25) is 0 Å². The molecule has 0 bridgehead atoms. The second-order valence-electron chi connectivity index (χ2n) is 9.69. The number of rotatable bonds is 10. The molecule has 6 atom stereocenters. The molecule has 4 nitrogen and oxygen atoms in total. The summed E-state index contributed by atoms with van der Waals surface area (Å²) in [5.74, 6) is 0.559. The first-order valence-corrected chi connectivity index (χ1v) is 12.3. The molecular formula is C25H42O4. The summed E-state index contributed by atoms with van der Waals surface area (Å²) in [5, 5.41) is 21.5. The van der Waals surface area contributed by atoms with Gasteiger partial charge in [-0.2, -0.15) is 0 Å². The van der Waals surface area contributed by atoms with Crippen LogP contribution in [0.5, 0.6) is 0 Å². The Morgan fingerprint density at radius 1 is 1.14 bits per heavy atom. The number of hydrogen-bond donors (Lipinski definition) is 2. The van der Waals surface area contributed by atoms with Crippen molar-refractivity contribution in [3.8, 4) is 0 Å². The number of carbonyl (C=O) groups is 1. The maximum atomic E-state index is 13.2. The Hall–Kier alpha value is -0.710. The van der Waals surface area contributed by atoms with Gasteiger partial charge in [0.05, 0.1) is 12.2 Å². The second kappa shape index (κ2) is 10.5. The fourth-order valence-electron chi connectivity index (χ4n) is 6.03. The van der Waals surface area contributed by atoms with Crippen LogP contribution in [0.25, 0.3) is 0 Å². The van der Waals surface area contributed by atoms with Crippen LogP contribution in [0.3, 0.4) is 0 Å². The Bertz CT molecular complexity index is 553. The van der Waals surface area contributed by atoms with Gasteiger partial charge in [0.25, 0.3) is 0 Å². The first kappa shape index (κ1) is 23.0. The molecule has 0 aromatic rings. The lowest BCUT2D eigenvalue weighted by atomic mass is 9.49. The smallest absolute Gasteiger partial charge is 0.168 e. The maximum Gasteiger partial charge on any atom is 0.168 e. The lowest BCUT2D eigenvalue weighted by molar-refractivity contribution is -0.217. The van der Waals surface area contributed by atoms with E-state index in [0.29, 0.717) is 25.4 Å². The number of unbranched alkanes of at least 4 members (excludes halogenated alkanes) is 2. The van der Waals surface area contributed by atoms with Crippen molar-refractivity contribution in [2.45, 2.75) is 109 Å². The molecule has 0 saturated heterocycles. The van der Waals surface area contributed by atoms with E-state index in [-0.39, 0.29) is 23.5 Å². The van der Waals surface area contributed by atoms with Gasteiger partial charge in [-0.05, 0) is 44.4 Å². The summed E-state index contributed by atoms with van der Waals surface area (Å²) in [6, 6.07) is 0. The number of ketones is 1. The number of aliphatic hydroxyl groups is 2. The summed E-state index contributed by atoms with van der Waals surface area (Å²) >= 11 is 0. The highest BCUT2D eigenvalue weighted by molar-refractivity contribution is 5.97. The van der Waals surface area contributed by atoms with E-state index in [4.69, 9.17) is 4.74 Å². The molecular weight excluding hydrogens is 364 g/mol. The van der Waals surface area contributed by atoms with Crippen LogP contribution in [0.4, 0.5) is 0 Å². The van der Waals surface area contributed by atoms with Gasteiger partial charge in [0, 0.05) is 24.4 Å². The Kier molecular flexibility index (Phi) is 8.35. The second-order valence-corrected chi connectivity index (χ2v) is 9.69. The third kappa shape index (κ3) is 4.80. The Balaban J connectivity index is 1.76. The van der Waals surface area contributed by atoms with Crippen molar-refractivity contribution in [1.82, 2.24) is 0 Å². The van der Waals surface area contributed by atoms with Crippen LogP contribution in [0.15, 0.2) is 12.2 Å². The Morgan fingerprint density at radius 2 is 1.86 bits per heavy atom. The van der Waals surface area contributed by atoms with Gasteiger partial charge in [-0.3, -0.25) is 4.79 Å². The van der Waals surface area contributed by atoms with Crippen molar-refractivity contribution in [2.24, 2.45) is 23.7 Å². The first-order chi connectivity index (χ1) is 14.0. The fraction of sp³-hybridized carbons (Fsp3) is 0.880. The minimum absolute atomic E-state index is 0.00648. The zero-order chi connectivity index (χ0) is 20.9. The molecule has 0 aromatic heterocycles. The molecule has 29 heavy (non-hydrogen) atoms. The normalized spacial score (nSPS) is 36.8. The molecule has 0 radical (unpaired) electrons. The van der Waals surface area contributed by atoms with Gasteiger partial charge in [-0.15, -0.1) is 0 Å². The molecule has 3 rings (SSSR count). The van der Waals surface area contributed by atoms with E-state index < -0.39 is 17.8 Å². The summed E-state index contributed by atoms with van der Waals surface area (Å²) in [6.07, 6.45) is 15.2. The van der Waals surface area contributed by atoms with Crippen LogP contribution in [0.2, 0.25) is 0 Å². The van der Waals surface area contributed by atoms with E-state index in [1.807, 2.05) is 12.2 Å². The Labute approximate surface area is 177 Å². The molecule has 0 aliphatic heterocycles. The van der Waals surface area contributed by atoms with Gasteiger partial charge in [-0.1, -0.05) is 64.5 Å². The minimum Gasteiger partial charge on any atom is -0.393 e. The number of ether oxygens (including phenoxy) is 1. The van der Waals surface area contributed by atoms with Crippen molar-refractivity contribution in [2.75, 3.05) is 6.61 Å². The fourth-order valence-corrected chi connectivity index (χ4v) is 6.03. The zero-order valence-electron chi connectivity index (χ0n) is 18.5. The molecule has 0 heterocycles. The lowest BCUT2D eigenvalue weighted by Gasteiger charge is -2.59. The number of fused-ring (bicyclic) bond motifs is 1. The monoisotopic (exact) mass is 406 g/mol. The van der Waals surface area contributed by atoms with E-state index in [0.717, 1.165) is 44.9 Å². The summed E-state index contributed by atoms with van der Waals surface area (Å²) in [4.78, 5) is 13.2. The average Bonchev–Trinajstić information content (AvgIpc) is 2.75. The molecule has 2 N–H and O–H groups in total. The molecule has 166 valence electrons. The molecule has 4 heteroatoms. The van der Waals surface area contributed by atoms with Gasteiger partial charge in [0.1, 0.15) is 5.60 Å². The summed E-state index contributed by atoms with van der Waals surface area (Å²) in [7, 11) is 0. The Morgan fingerprint density at radius 3 is 2.55 bits per heavy atom. The van der Waals surface area contributed by atoms with E-state index in [1.165, 1.54) is 19.3 Å². The van der Waals surface area contributed by atoms with Crippen molar-refractivity contribution >= 4 is 5.78 Å². The molecule has 3 aliphatic carbocycles. The van der Waals surface area contributed by atoms with Crippen LogP contribution in [0.1, 0.15) is 90.9 Å². The van der Waals surface area contributed by atoms with E-state index in [1.54, 1.807) is 0 Å². The van der Waals surface area contributed by atoms with Gasteiger partial charge >= 0.3 is 0 Å². The third-order valence-corrected chi connectivity index (χ3v) is 7.79. The summed E-state index contributed by atoms with van der Waals surface area (Å²) < 4.78 is 6.28. The topological polar surface area (TPSA) is 66.8 Å². The predicted molar refractivity (Wildman–Crippen MR) is 116 cm³/mol. The van der Waals surface area contributed by atoms with Crippen molar-refractivity contribution in [3.05, 3.63) is 12.2 Å². The predicted octanol–water partition coefficient (Wildman–Crippen LogP) is 4.82. The quantitative estimate of drug-likeness (QED) is 0.403. The maximum absolute atomic E-state index is 13.2. The number of hydrogen-bond acceptors (Lipinski definition) is 4. The van der Waals surface area contributed by atoms with E-state index in [2.05, 4.69) is 13.8 Å². The van der Waals surface area contributed by atoms with Crippen molar-refractivity contribution in [3.63, 3.8) is 0 Å². The van der Waals surface area contributed by atoms with Crippen LogP contribution in [-0.4, -0.2) is 40.4 Å². The van der Waals surface area contributed by atoms with Crippen LogP contribution >= 0.6 is 0 Å². The molecule has 3 aliphatic rings. The number of carbonyl (C=O) groups excluding carboxylic acids is 1. The average molecular weight is 407 g/mol. The van der Waals surface area contributed by atoms with Crippen LogP contribution in [-0.2, 0) is 9.53 Å². The molecule has 0 spiro atoms. The molecule has 1 unspecified atom stereocenters. The summed E-state index contributed by atoms with van der Waals surface area (Å²) in [5.41, 5.74) is -0.697. The third-order valence-electron chi connectivity index (χ3n) is 7.79. The van der Waals surface area contributed by atoms with Crippen molar-refractivity contribution in [1.29, 1.82) is 0 Å². The standard InChI is InChI=1S/C25H42O4/c1-3-5-12-20-23-19(13-14-21(26)18-10-8-7-9-11-18)22(27)15-16-25(23,24(20)28)29-17-6-4-2/h13-14,18-23,26-27H,3-12,15-17H2,1-2H3/b14-13+/t19-,20?,21-,22+,23-,25+/m1/s1. The molecule has 0 aromatic carbocycles. The van der Waals surface area contributed by atoms with Crippen molar-refractivity contribution < 1.29 is 19.7 Å². The zero-order valence-corrected chi connectivity index (χ0v) is 18.5. The van der Waals surface area contributed by atoms with E-state index in [9.17, 15) is 15.0 Å².